The summed E-state index contributed by atoms with van der Waals surface area (Å²) in [5, 5.41) is 7.39. The van der Waals surface area contributed by atoms with Crippen LogP contribution < -0.4 is 4.90 Å². The second kappa shape index (κ2) is 12.8. The predicted octanol–water partition coefficient (Wildman–Crippen LogP) is 14.3. The third-order valence-corrected chi connectivity index (χ3v) is 11.3. The zero-order valence-corrected chi connectivity index (χ0v) is 30.1. The van der Waals surface area contributed by atoms with Crippen molar-refractivity contribution < 1.29 is 4.42 Å². The quantitative estimate of drug-likeness (QED) is 0.172. The molecule has 2 aromatic heterocycles. The molecule has 0 bridgehead atoms. The van der Waals surface area contributed by atoms with Crippen LogP contribution in [0.1, 0.15) is 17.9 Å². The molecular formula is C52H36N2O. The van der Waals surface area contributed by atoms with Crippen LogP contribution in [0.2, 0.25) is 0 Å². The van der Waals surface area contributed by atoms with E-state index in [1.807, 2.05) is 6.07 Å². The van der Waals surface area contributed by atoms with Crippen molar-refractivity contribution in [1.82, 2.24) is 4.57 Å². The van der Waals surface area contributed by atoms with Crippen molar-refractivity contribution in [2.75, 3.05) is 4.90 Å². The van der Waals surface area contributed by atoms with Crippen LogP contribution in [-0.4, -0.2) is 4.57 Å². The summed E-state index contributed by atoms with van der Waals surface area (Å²) >= 11 is 0. The highest BCUT2D eigenvalue weighted by atomic mass is 16.3. The maximum Gasteiger partial charge on any atom is 0.135 e. The number of nitrogens with zero attached hydrogens (tertiary/aromatic N) is 2. The summed E-state index contributed by atoms with van der Waals surface area (Å²) in [5.41, 5.74) is 12.5. The maximum absolute atomic E-state index is 6.31. The minimum atomic E-state index is 0.181. The highest BCUT2D eigenvalue weighted by molar-refractivity contribution is 6.18. The first kappa shape index (κ1) is 31.4. The largest absolute Gasteiger partial charge is 0.456 e. The van der Waals surface area contributed by atoms with Crippen LogP contribution in [0.3, 0.4) is 0 Å². The van der Waals surface area contributed by atoms with E-state index in [-0.39, 0.29) is 5.92 Å². The summed E-state index contributed by atoms with van der Waals surface area (Å²) in [6, 6.07) is 65.5. The summed E-state index contributed by atoms with van der Waals surface area (Å²) in [5.74, 6) is 0.181. The van der Waals surface area contributed by atoms with Crippen LogP contribution in [0, 0.1) is 0 Å². The highest BCUT2D eigenvalue weighted by Crippen LogP contribution is 2.42. The molecule has 3 heteroatoms. The van der Waals surface area contributed by atoms with E-state index < -0.39 is 0 Å². The summed E-state index contributed by atoms with van der Waals surface area (Å²) in [4.78, 5) is 2.40. The Labute approximate surface area is 319 Å². The van der Waals surface area contributed by atoms with Gasteiger partial charge in [-0.25, -0.2) is 0 Å². The van der Waals surface area contributed by atoms with Crippen LogP contribution >= 0.6 is 0 Å². The number of aromatic nitrogens is 1. The van der Waals surface area contributed by atoms with E-state index in [9.17, 15) is 0 Å². The smallest absolute Gasteiger partial charge is 0.135 e. The molecule has 1 unspecified atom stereocenters. The molecule has 11 rings (SSSR count). The van der Waals surface area contributed by atoms with Gasteiger partial charge in [0.15, 0.2) is 0 Å². The summed E-state index contributed by atoms with van der Waals surface area (Å²) in [6.45, 7) is 0. The Hall–Kier alpha value is -7.10. The fourth-order valence-electron chi connectivity index (χ4n) is 8.77. The van der Waals surface area contributed by atoms with E-state index in [4.69, 9.17) is 4.42 Å². The van der Waals surface area contributed by atoms with Crippen molar-refractivity contribution in [3.8, 4) is 16.8 Å². The molecule has 55 heavy (non-hydrogen) atoms. The molecule has 0 aliphatic heterocycles. The Morgan fingerprint density at radius 3 is 2.02 bits per heavy atom. The number of benzene rings is 8. The first-order chi connectivity index (χ1) is 27.3. The van der Waals surface area contributed by atoms with E-state index in [1.165, 1.54) is 60.0 Å². The molecular weight excluding hydrogens is 669 g/mol. The first-order valence-corrected chi connectivity index (χ1v) is 19.0. The minimum absolute atomic E-state index is 0.181. The Morgan fingerprint density at radius 2 is 1.18 bits per heavy atom. The van der Waals surface area contributed by atoms with Gasteiger partial charge in [0.05, 0.1) is 11.0 Å². The van der Waals surface area contributed by atoms with Crippen LogP contribution in [-0.2, 0) is 0 Å². The van der Waals surface area contributed by atoms with E-state index in [0.717, 1.165) is 40.3 Å². The van der Waals surface area contributed by atoms with Gasteiger partial charge in [0.2, 0.25) is 0 Å². The minimum Gasteiger partial charge on any atom is -0.456 e. The fraction of sp³-hybridized carbons (Fsp3) is 0.0385. The van der Waals surface area contributed by atoms with Crippen molar-refractivity contribution in [2.45, 2.75) is 12.3 Å². The molecule has 3 nitrogen and oxygen atoms in total. The highest BCUT2D eigenvalue weighted by Gasteiger charge is 2.23. The molecule has 1 atom stereocenters. The van der Waals surface area contributed by atoms with E-state index in [1.54, 1.807) is 0 Å². The van der Waals surface area contributed by atoms with Gasteiger partial charge in [-0.2, -0.15) is 0 Å². The lowest BCUT2D eigenvalue weighted by Gasteiger charge is -2.30. The summed E-state index contributed by atoms with van der Waals surface area (Å²) in [7, 11) is 0. The molecule has 0 radical (unpaired) electrons. The van der Waals surface area contributed by atoms with Gasteiger partial charge in [-0.05, 0) is 89.2 Å². The van der Waals surface area contributed by atoms with Gasteiger partial charge in [0, 0.05) is 55.6 Å². The molecule has 2 heterocycles. The van der Waals surface area contributed by atoms with Gasteiger partial charge in [-0.15, -0.1) is 0 Å². The number of fused-ring (bicyclic) bond motifs is 8. The normalized spacial score (nSPS) is 14.3. The molecule has 260 valence electrons. The molecule has 0 amide bonds. The van der Waals surface area contributed by atoms with Crippen molar-refractivity contribution in [2.24, 2.45) is 0 Å². The Bertz CT molecular complexity index is 3110. The van der Waals surface area contributed by atoms with E-state index in [0.29, 0.717) is 0 Å². The first-order valence-electron chi connectivity index (χ1n) is 19.0. The molecule has 0 fully saturated rings. The topological polar surface area (TPSA) is 21.3 Å². The van der Waals surface area contributed by atoms with Crippen LogP contribution in [0.5, 0.6) is 0 Å². The number of allylic oxidation sites excluding steroid dienone is 3. The lowest BCUT2D eigenvalue weighted by atomic mass is 9.88. The van der Waals surface area contributed by atoms with E-state index in [2.05, 4.69) is 204 Å². The summed E-state index contributed by atoms with van der Waals surface area (Å²) < 4.78 is 8.74. The predicted molar refractivity (Wildman–Crippen MR) is 231 cm³/mol. The zero-order chi connectivity index (χ0) is 36.3. The van der Waals surface area contributed by atoms with Gasteiger partial charge in [0.1, 0.15) is 11.2 Å². The number of anilines is 2. The van der Waals surface area contributed by atoms with Crippen LogP contribution in [0.15, 0.2) is 210 Å². The van der Waals surface area contributed by atoms with Crippen molar-refractivity contribution in [3.05, 3.63) is 211 Å². The van der Waals surface area contributed by atoms with E-state index >= 15 is 0 Å². The Kier molecular flexibility index (Phi) is 7.31. The lowest BCUT2D eigenvalue weighted by Crippen LogP contribution is -2.18. The molecule has 0 N–H and O–H groups in total. The van der Waals surface area contributed by atoms with Gasteiger partial charge >= 0.3 is 0 Å². The molecule has 0 spiro atoms. The average molecular weight is 705 g/mol. The second-order valence-corrected chi connectivity index (χ2v) is 14.5. The van der Waals surface area contributed by atoms with Crippen LogP contribution in [0.4, 0.5) is 11.4 Å². The van der Waals surface area contributed by atoms with Crippen LogP contribution in [0.25, 0.3) is 71.3 Å². The van der Waals surface area contributed by atoms with Crippen molar-refractivity contribution in [3.63, 3.8) is 0 Å². The zero-order valence-electron chi connectivity index (χ0n) is 30.1. The third kappa shape index (κ3) is 5.20. The SMILES string of the molecule is C1=CC(N(c2ccc(-c3ccccc3)cc2)c2ccc(-n3c4ccccc4c4ccc5ccccc5c43)cc2)=CC(c2cccc3oc4ccccc4c23)C1. The fourth-order valence-corrected chi connectivity index (χ4v) is 8.77. The molecule has 1 aliphatic rings. The number of hydrogen-bond acceptors (Lipinski definition) is 2. The molecule has 0 saturated carbocycles. The molecule has 0 saturated heterocycles. The van der Waals surface area contributed by atoms with Gasteiger partial charge < -0.3 is 13.9 Å². The number of hydrogen-bond donors (Lipinski definition) is 0. The Balaban J connectivity index is 1.06. The average Bonchev–Trinajstić information content (AvgIpc) is 3.81. The molecule has 10 aromatic rings. The van der Waals surface area contributed by atoms with Crippen molar-refractivity contribution in [1.29, 1.82) is 0 Å². The van der Waals surface area contributed by atoms with Crippen molar-refractivity contribution >= 4 is 65.9 Å². The number of rotatable bonds is 6. The standard InChI is InChI=1S/C52H36N2O/c1-2-12-35(13-3-1)36-24-27-39(28-25-36)53(42-16-10-15-38(34-42)43-20-11-23-50-51(43)47-19-7-9-22-49(47)55-50)40-29-31-41(32-30-40)54-48-21-8-6-18-45(48)46-33-26-37-14-4-5-17-44(37)52(46)54/h1-14,16-34,38H,15H2. The second-order valence-electron chi connectivity index (χ2n) is 14.5. The summed E-state index contributed by atoms with van der Waals surface area (Å²) in [6.07, 6.45) is 7.96. The number of furan rings is 1. The van der Waals surface area contributed by atoms with Gasteiger partial charge in [-0.1, -0.05) is 140 Å². The van der Waals surface area contributed by atoms with Gasteiger partial charge in [0.25, 0.3) is 0 Å². The molecule has 8 aromatic carbocycles. The van der Waals surface area contributed by atoms with Gasteiger partial charge in [-0.3, -0.25) is 0 Å². The molecule has 1 aliphatic carbocycles. The lowest BCUT2D eigenvalue weighted by molar-refractivity contribution is 0.668. The maximum atomic E-state index is 6.31. The monoisotopic (exact) mass is 704 g/mol. The third-order valence-electron chi connectivity index (χ3n) is 11.3. The number of para-hydroxylation sites is 2. The Morgan fingerprint density at radius 1 is 0.509 bits per heavy atom.